The fourth-order valence-corrected chi connectivity index (χ4v) is 2.11. The van der Waals surface area contributed by atoms with E-state index in [1.807, 2.05) is 0 Å². The highest BCUT2D eigenvalue weighted by molar-refractivity contribution is 5.30. The summed E-state index contributed by atoms with van der Waals surface area (Å²) in [5.41, 5.74) is 2.55. The van der Waals surface area contributed by atoms with Crippen LogP contribution in [0.2, 0.25) is 0 Å². The molecular weight excluding hydrogens is 182 g/mol. The van der Waals surface area contributed by atoms with E-state index in [-0.39, 0.29) is 5.41 Å². The first kappa shape index (κ1) is 12.4. The predicted octanol–water partition coefficient (Wildman–Crippen LogP) is 3.98. The summed E-state index contributed by atoms with van der Waals surface area (Å²) in [7, 11) is 0. The number of hydrogen-bond acceptors (Lipinski definition) is 1. The van der Waals surface area contributed by atoms with Crippen molar-refractivity contribution in [2.45, 2.75) is 53.0 Å². The molecule has 1 fully saturated rings. The molecule has 1 aliphatic heterocycles. The van der Waals surface area contributed by atoms with Crippen LogP contribution in [-0.4, -0.2) is 17.5 Å². The van der Waals surface area contributed by atoms with Crippen molar-refractivity contribution in [3.8, 4) is 0 Å². The van der Waals surface area contributed by atoms with Crippen LogP contribution in [0.5, 0.6) is 0 Å². The van der Waals surface area contributed by atoms with E-state index in [9.17, 15) is 0 Å². The lowest BCUT2D eigenvalue weighted by molar-refractivity contribution is 0.321. The second kappa shape index (κ2) is 4.42. The van der Waals surface area contributed by atoms with Gasteiger partial charge in [0.1, 0.15) is 0 Å². The molecule has 1 heterocycles. The van der Waals surface area contributed by atoms with E-state index in [4.69, 9.17) is 0 Å². The molecule has 0 aliphatic carbocycles. The maximum absolute atomic E-state index is 4.23. The monoisotopic (exact) mass is 207 g/mol. The Morgan fingerprint density at radius 3 is 2.40 bits per heavy atom. The standard InChI is InChI=1S/C14H25N/c1-7-14(5,6)12(3)13(4)15-10-8-9-11(15)2/h11H,3-4,7-10H2,1-2,5-6H3. The summed E-state index contributed by atoms with van der Waals surface area (Å²) in [6, 6.07) is 0.641. The molecule has 0 spiro atoms. The lowest BCUT2D eigenvalue weighted by atomic mass is 9.81. The van der Waals surface area contributed by atoms with Crippen LogP contribution in [0.25, 0.3) is 0 Å². The summed E-state index contributed by atoms with van der Waals surface area (Å²) in [4.78, 5) is 2.42. The first-order valence-corrected chi connectivity index (χ1v) is 6.05. The molecule has 1 rings (SSSR count). The van der Waals surface area contributed by atoms with Crippen molar-refractivity contribution < 1.29 is 0 Å². The molecule has 1 saturated heterocycles. The molecule has 1 aliphatic rings. The molecular formula is C14H25N. The van der Waals surface area contributed by atoms with E-state index in [2.05, 4.69) is 45.8 Å². The molecule has 0 aromatic carbocycles. The van der Waals surface area contributed by atoms with Crippen molar-refractivity contribution in [3.05, 3.63) is 24.4 Å². The Hall–Kier alpha value is -0.720. The van der Waals surface area contributed by atoms with Crippen molar-refractivity contribution in [1.82, 2.24) is 4.90 Å². The van der Waals surface area contributed by atoms with Gasteiger partial charge in [-0.05, 0) is 37.2 Å². The second-order valence-electron chi connectivity index (χ2n) is 5.35. The minimum absolute atomic E-state index is 0.180. The van der Waals surface area contributed by atoms with Gasteiger partial charge in [-0.15, -0.1) is 0 Å². The fraction of sp³-hybridized carbons (Fsp3) is 0.714. The van der Waals surface area contributed by atoms with Crippen LogP contribution in [0.15, 0.2) is 24.4 Å². The molecule has 0 aromatic rings. The third-order valence-electron chi connectivity index (χ3n) is 3.95. The van der Waals surface area contributed by atoms with Crippen LogP contribution in [0, 0.1) is 5.41 Å². The normalized spacial score (nSPS) is 21.9. The number of rotatable bonds is 4. The summed E-state index contributed by atoms with van der Waals surface area (Å²) in [6.07, 6.45) is 3.70. The van der Waals surface area contributed by atoms with Crippen molar-refractivity contribution in [2.24, 2.45) is 5.41 Å². The van der Waals surface area contributed by atoms with Gasteiger partial charge in [0.15, 0.2) is 0 Å². The van der Waals surface area contributed by atoms with Gasteiger partial charge in [-0.25, -0.2) is 0 Å². The molecule has 0 bridgehead atoms. The van der Waals surface area contributed by atoms with E-state index in [0.717, 1.165) is 18.7 Å². The van der Waals surface area contributed by atoms with Crippen molar-refractivity contribution in [3.63, 3.8) is 0 Å². The lowest BCUT2D eigenvalue weighted by Gasteiger charge is -2.34. The molecule has 0 N–H and O–H groups in total. The first-order valence-electron chi connectivity index (χ1n) is 6.05. The summed E-state index contributed by atoms with van der Waals surface area (Å²) in [6.45, 7) is 18.6. The average molecular weight is 207 g/mol. The largest absolute Gasteiger partial charge is 0.369 e. The zero-order valence-electron chi connectivity index (χ0n) is 10.8. The van der Waals surface area contributed by atoms with Gasteiger partial charge in [-0.2, -0.15) is 0 Å². The van der Waals surface area contributed by atoms with Gasteiger partial charge in [-0.3, -0.25) is 0 Å². The predicted molar refractivity (Wildman–Crippen MR) is 67.8 cm³/mol. The third kappa shape index (κ3) is 2.45. The van der Waals surface area contributed by atoms with Crippen LogP contribution in [0.4, 0.5) is 0 Å². The minimum Gasteiger partial charge on any atom is -0.369 e. The van der Waals surface area contributed by atoms with Gasteiger partial charge in [0.05, 0.1) is 0 Å². The van der Waals surface area contributed by atoms with Crippen molar-refractivity contribution in [2.75, 3.05) is 6.54 Å². The van der Waals surface area contributed by atoms with E-state index in [1.54, 1.807) is 0 Å². The number of likely N-dealkylation sites (tertiary alicyclic amines) is 1. The Morgan fingerprint density at radius 2 is 2.00 bits per heavy atom. The Labute approximate surface area is 94.9 Å². The van der Waals surface area contributed by atoms with Crippen LogP contribution in [-0.2, 0) is 0 Å². The number of nitrogens with zero attached hydrogens (tertiary/aromatic N) is 1. The highest BCUT2D eigenvalue weighted by Crippen LogP contribution is 2.36. The lowest BCUT2D eigenvalue weighted by Crippen LogP contribution is -2.30. The molecule has 1 unspecified atom stereocenters. The van der Waals surface area contributed by atoms with Gasteiger partial charge in [0.2, 0.25) is 0 Å². The van der Waals surface area contributed by atoms with Gasteiger partial charge >= 0.3 is 0 Å². The molecule has 1 atom stereocenters. The van der Waals surface area contributed by atoms with Crippen molar-refractivity contribution in [1.29, 1.82) is 0 Å². The summed E-state index contributed by atoms with van der Waals surface area (Å²) < 4.78 is 0. The fourth-order valence-electron chi connectivity index (χ4n) is 2.11. The maximum atomic E-state index is 4.23. The number of allylic oxidation sites excluding steroid dienone is 1. The minimum atomic E-state index is 0.180. The Kier molecular flexibility index (Phi) is 3.64. The number of hydrogen-bond donors (Lipinski definition) is 0. The van der Waals surface area contributed by atoms with Crippen LogP contribution in [0.3, 0.4) is 0 Å². The summed E-state index contributed by atoms with van der Waals surface area (Å²) in [5.74, 6) is 0. The van der Waals surface area contributed by atoms with Crippen molar-refractivity contribution >= 4 is 0 Å². The maximum Gasteiger partial charge on any atom is 0.0327 e. The molecule has 1 heteroatoms. The SMILES string of the molecule is C=C(C(=C)C(C)(C)CC)N1CCCC1C. The second-order valence-corrected chi connectivity index (χ2v) is 5.35. The molecule has 1 nitrogen and oxygen atoms in total. The molecule has 15 heavy (non-hydrogen) atoms. The van der Waals surface area contributed by atoms with Crippen LogP contribution >= 0.6 is 0 Å². The summed E-state index contributed by atoms with van der Waals surface area (Å²) in [5, 5.41) is 0. The highest BCUT2D eigenvalue weighted by Gasteiger charge is 2.28. The molecule has 0 radical (unpaired) electrons. The van der Waals surface area contributed by atoms with Gasteiger partial charge in [0.25, 0.3) is 0 Å². The summed E-state index contributed by atoms with van der Waals surface area (Å²) >= 11 is 0. The van der Waals surface area contributed by atoms with E-state index in [0.29, 0.717) is 6.04 Å². The first-order chi connectivity index (χ1) is 6.90. The van der Waals surface area contributed by atoms with Gasteiger partial charge in [-0.1, -0.05) is 33.9 Å². The van der Waals surface area contributed by atoms with E-state index in [1.165, 1.54) is 18.4 Å². The molecule has 0 aromatic heterocycles. The zero-order chi connectivity index (χ0) is 11.6. The average Bonchev–Trinajstić information content (AvgIpc) is 2.62. The molecule has 0 saturated carbocycles. The van der Waals surface area contributed by atoms with E-state index < -0.39 is 0 Å². The third-order valence-corrected chi connectivity index (χ3v) is 3.95. The quantitative estimate of drug-likeness (QED) is 0.630. The highest BCUT2D eigenvalue weighted by atomic mass is 15.2. The van der Waals surface area contributed by atoms with Gasteiger partial charge < -0.3 is 4.90 Å². The molecule has 86 valence electrons. The zero-order valence-corrected chi connectivity index (χ0v) is 10.8. The Bertz CT molecular complexity index is 263. The van der Waals surface area contributed by atoms with E-state index >= 15 is 0 Å². The van der Waals surface area contributed by atoms with Gasteiger partial charge in [0, 0.05) is 18.3 Å². The smallest absolute Gasteiger partial charge is 0.0327 e. The van der Waals surface area contributed by atoms with Crippen LogP contribution in [0.1, 0.15) is 47.0 Å². The van der Waals surface area contributed by atoms with Crippen LogP contribution < -0.4 is 0 Å². The molecule has 0 amide bonds. The Balaban J connectivity index is 2.72. The topological polar surface area (TPSA) is 3.24 Å². The Morgan fingerprint density at radius 1 is 1.40 bits per heavy atom.